The van der Waals surface area contributed by atoms with Gasteiger partial charge < -0.3 is 19.1 Å². The molecule has 6 nitrogen and oxygen atoms in total. The molecule has 0 saturated carbocycles. The van der Waals surface area contributed by atoms with Gasteiger partial charge >= 0.3 is 11.9 Å². The van der Waals surface area contributed by atoms with E-state index in [1.807, 2.05) is 26.2 Å². The minimum absolute atomic E-state index is 0. The Hall–Kier alpha value is 0.398. The van der Waals surface area contributed by atoms with Crippen molar-refractivity contribution in [2.75, 3.05) is 14.2 Å². The predicted octanol–water partition coefficient (Wildman–Crippen LogP) is 3.11. The zero-order chi connectivity index (χ0) is 18.1. The van der Waals surface area contributed by atoms with Crippen LogP contribution in [-0.2, 0) is 51.2 Å². The van der Waals surface area contributed by atoms with Gasteiger partial charge in [0, 0.05) is 46.9 Å². The van der Waals surface area contributed by atoms with Crippen molar-refractivity contribution in [1.82, 2.24) is 0 Å². The van der Waals surface area contributed by atoms with Gasteiger partial charge in [0.1, 0.15) is 0 Å². The van der Waals surface area contributed by atoms with Crippen LogP contribution in [-0.4, -0.2) is 53.0 Å². The third-order valence-corrected chi connectivity index (χ3v) is 8.95. The minimum atomic E-state index is -1.68. The molecule has 23 heavy (non-hydrogen) atoms. The Kier molecular flexibility index (Phi) is 15.6. The zero-order valence-electron chi connectivity index (χ0n) is 15.7. The molecule has 2 unspecified atom stereocenters. The smallest absolute Gasteiger partial charge is 0.306 e. The summed E-state index contributed by atoms with van der Waals surface area (Å²) in [6.45, 7) is 11.5. The summed E-state index contributed by atoms with van der Waals surface area (Å²) in [7, 11) is -0.0608. The molecule has 2 N–H and O–H groups in total. The van der Waals surface area contributed by atoms with E-state index in [1.165, 1.54) is 0 Å². The first-order chi connectivity index (χ1) is 9.78. The van der Waals surface area contributed by atoms with Gasteiger partial charge in [-0.15, -0.1) is 0 Å². The summed E-state index contributed by atoms with van der Waals surface area (Å²) in [6.07, 6.45) is 0. The molecule has 0 bridgehead atoms. The summed E-state index contributed by atoms with van der Waals surface area (Å²) >= 11 is 0. The van der Waals surface area contributed by atoms with Gasteiger partial charge in [0.25, 0.3) is 0 Å². The maximum Gasteiger partial charge on any atom is 0.306 e. The molecule has 0 spiro atoms. The van der Waals surface area contributed by atoms with Crippen LogP contribution in [0.2, 0.25) is 38.3 Å². The summed E-state index contributed by atoms with van der Waals surface area (Å²) in [4.78, 5) is 20.9. The van der Waals surface area contributed by atoms with Crippen LogP contribution in [0.4, 0.5) is 0 Å². The van der Waals surface area contributed by atoms with Gasteiger partial charge in [-0.1, -0.05) is 13.8 Å². The van der Waals surface area contributed by atoms with Crippen LogP contribution in [0.25, 0.3) is 0 Å². The van der Waals surface area contributed by atoms with E-state index in [9.17, 15) is 9.59 Å². The van der Waals surface area contributed by atoms with Gasteiger partial charge in [-0.05, 0) is 38.3 Å². The van der Waals surface area contributed by atoms with Crippen molar-refractivity contribution in [3.8, 4) is 0 Å². The second kappa shape index (κ2) is 12.7. The number of hydrogen-bond donors (Lipinski definition) is 2. The van der Waals surface area contributed by atoms with Crippen LogP contribution < -0.4 is 0 Å². The second-order valence-electron chi connectivity index (χ2n) is 6.81. The third kappa shape index (κ3) is 15.7. The maximum atomic E-state index is 10.5. The number of carboxylic acids is 2. The van der Waals surface area contributed by atoms with Crippen molar-refractivity contribution in [2.24, 2.45) is 11.8 Å². The summed E-state index contributed by atoms with van der Waals surface area (Å²) < 4.78 is 10.5. The number of aliphatic carboxylic acids is 2. The van der Waals surface area contributed by atoms with E-state index in [1.54, 1.807) is 28.1 Å². The molecule has 0 amide bonds. The maximum absolute atomic E-state index is 10.5. The second-order valence-corrected chi connectivity index (χ2v) is 15.5. The molecule has 1 radical (unpaired) electrons. The molecule has 135 valence electrons. The van der Waals surface area contributed by atoms with Gasteiger partial charge in [-0.25, -0.2) is 0 Å². The van der Waals surface area contributed by atoms with Gasteiger partial charge in [0.2, 0.25) is 0 Å². The standard InChI is InChI=1S/2C7H16O3Si.Y/c2*1-6(7(8)9)5-11(3,4)10-2;/h2*6H,5H2,1-4H3,(H,8,9);. The molecule has 0 aromatic carbocycles. The molecule has 0 heterocycles. The third-order valence-electron chi connectivity index (χ3n) is 3.54. The van der Waals surface area contributed by atoms with Crippen molar-refractivity contribution in [1.29, 1.82) is 0 Å². The van der Waals surface area contributed by atoms with Crippen LogP contribution in [0.15, 0.2) is 0 Å². The molecular formula is C14H32O6Si2Y. The largest absolute Gasteiger partial charge is 0.481 e. The van der Waals surface area contributed by atoms with Gasteiger partial charge in [-0.2, -0.15) is 0 Å². The Balaban J connectivity index is -0.000000333. The van der Waals surface area contributed by atoms with E-state index in [-0.39, 0.29) is 44.5 Å². The summed E-state index contributed by atoms with van der Waals surface area (Å²) in [5.41, 5.74) is 0. The first kappa shape index (κ1) is 28.2. The fourth-order valence-electron chi connectivity index (χ4n) is 1.82. The van der Waals surface area contributed by atoms with Crippen LogP contribution in [0.3, 0.4) is 0 Å². The molecule has 0 aliphatic heterocycles. The van der Waals surface area contributed by atoms with Crippen LogP contribution in [0.5, 0.6) is 0 Å². The fraction of sp³-hybridized carbons (Fsp3) is 0.857. The topological polar surface area (TPSA) is 93.1 Å². The van der Waals surface area contributed by atoms with Crippen molar-refractivity contribution in [2.45, 2.75) is 52.1 Å². The van der Waals surface area contributed by atoms with Gasteiger partial charge in [-0.3, -0.25) is 9.59 Å². The number of hydrogen-bond acceptors (Lipinski definition) is 4. The Labute approximate surface area is 167 Å². The van der Waals surface area contributed by atoms with Crippen molar-refractivity contribution >= 4 is 28.6 Å². The van der Waals surface area contributed by atoms with Gasteiger partial charge in [0.15, 0.2) is 16.6 Å². The Morgan fingerprint density at radius 2 is 1.04 bits per heavy atom. The SMILES string of the molecule is CO[Si](C)(C)CC(C)C(=O)O.CO[Si](C)(C)CC(C)C(=O)O.[Y]. The summed E-state index contributed by atoms with van der Waals surface area (Å²) in [5.74, 6) is -2.03. The number of rotatable bonds is 8. The number of carbonyl (C=O) groups is 2. The van der Waals surface area contributed by atoms with E-state index in [0.29, 0.717) is 12.1 Å². The van der Waals surface area contributed by atoms with E-state index in [2.05, 4.69) is 0 Å². The molecule has 0 aromatic heterocycles. The molecule has 0 aliphatic rings. The van der Waals surface area contributed by atoms with E-state index in [4.69, 9.17) is 19.1 Å². The fourth-order valence-corrected chi connectivity index (χ4v) is 5.45. The van der Waals surface area contributed by atoms with Gasteiger partial charge in [0.05, 0.1) is 11.8 Å². The van der Waals surface area contributed by atoms with E-state index < -0.39 is 28.6 Å². The molecule has 0 rings (SSSR count). The Bertz CT molecular complexity index is 329. The zero-order valence-corrected chi connectivity index (χ0v) is 20.5. The summed E-state index contributed by atoms with van der Waals surface area (Å²) in [6, 6.07) is 1.36. The van der Waals surface area contributed by atoms with Crippen molar-refractivity contribution in [3.63, 3.8) is 0 Å². The molecule has 9 heteroatoms. The minimum Gasteiger partial charge on any atom is -0.481 e. The quantitative estimate of drug-likeness (QED) is 0.563. The average molecular weight is 441 g/mol. The van der Waals surface area contributed by atoms with E-state index in [0.717, 1.165) is 0 Å². The van der Waals surface area contributed by atoms with Crippen molar-refractivity contribution < 1.29 is 61.4 Å². The average Bonchev–Trinajstić information content (AvgIpc) is 2.38. The van der Waals surface area contributed by atoms with Crippen LogP contribution >= 0.6 is 0 Å². The Morgan fingerprint density at radius 1 is 0.826 bits per heavy atom. The van der Waals surface area contributed by atoms with Crippen LogP contribution in [0, 0.1) is 11.8 Å². The number of carboxylic acid groups (broad SMARTS) is 2. The molecule has 0 aliphatic carbocycles. The molecule has 0 saturated heterocycles. The normalized spacial score (nSPS) is 13.9. The van der Waals surface area contributed by atoms with Crippen LogP contribution in [0.1, 0.15) is 13.8 Å². The van der Waals surface area contributed by atoms with Crippen molar-refractivity contribution in [3.05, 3.63) is 0 Å². The first-order valence-electron chi connectivity index (χ1n) is 7.34. The first-order valence-corrected chi connectivity index (χ1v) is 13.6. The predicted molar refractivity (Wildman–Crippen MR) is 92.2 cm³/mol. The molecule has 0 aromatic rings. The summed E-state index contributed by atoms with van der Waals surface area (Å²) in [5, 5.41) is 17.2. The monoisotopic (exact) mass is 441 g/mol. The Morgan fingerprint density at radius 3 is 1.17 bits per heavy atom. The molecular weight excluding hydrogens is 409 g/mol. The molecule has 0 fully saturated rings. The van der Waals surface area contributed by atoms with E-state index >= 15 is 0 Å². The molecule has 2 atom stereocenters.